The summed E-state index contributed by atoms with van der Waals surface area (Å²) in [6.45, 7) is 3.77. The van der Waals surface area contributed by atoms with E-state index >= 15 is 0 Å². The molecule has 1 saturated carbocycles. The standard InChI is InChI=1S/C25H28FN5O/c1-16-5-11-19(12-6-16)28-24-23(17-7-9-18(26)10-8-17)29-22-15-30(13-14-31(22)24)25(32)20-3-2-4-21(20)27/h5-12,20-21,28H,2-4,13-15,27H2,1H3/t20-,21?/m0/s1. The van der Waals surface area contributed by atoms with Gasteiger partial charge in [-0.3, -0.25) is 4.79 Å². The first-order valence-corrected chi connectivity index (χ1v) is 11.2. The van der Waals surface area contributed by atoms with Crippen LogP contribution in [0.1, 0.15) is 30.7 Å². The number of aromatic nitrogens is 2. The van der Waals surface area contributed by atoms with Gasteiger partial charge in [0, 0.05) is 30.4 Å². The Labute approximate surface area is 187 Å². The molecular formula is C25H28FN5O. The van der Waals surface area contributed by atoms with E-state index in [1.807, 2.05) is 17.0 Å². The highest BCUT2D eigenvalue weighted by molar-refractivity contribution is 5.81. The zero-order valence-corrected chi connectivity index (χ0v) is 18.2. The lowest BCUT2D eigenvalue weighted by Crippen LogP contribution is -2.45. The highest BCUT2D eigenvalue weighted by atomic mass is 19.1. The van der Waals surface area contributed by atoms with Gasteiger partial charge >= 0.3 is 0 Å². The summed E-state index contributed by atoms with van der Waals surface area (Å²) < 4.78 is 15.7. The average molecular weight is 434 g/mol. The fourth-order valence-corrected chi connectivity index (χ4v) is 4.76. The van der Waals surface area contributed by atoms with Gasteiger partial charge in [0.1, 0.15) is 23.2 Å². The van der Waals surface area contributed by atoms with Crippen LogP contribution in [0.5, 0.6) is 0 Å². The highest BCUT2D eigenvalue weighted by Crippen LogP contribution is 2.34. The number of benzene rings is 2. The number of hydrogen-bond acceptors (Lipinski definition) is 4. The molecule has 0 saturated heterocycles. The van der Waals surface area contributed by atoms with Crippen molar-refractivity contribution in [3.05, 3.63) is 65.7 Å². The Morgan fingerprint density at radius 1 is 1.09 bits per heavy atom. The Morgan fingerprint density at radius 3 is 2.53 bits per heavy atom. The maximum absolute atomic E-state index is 13.5. The van der Waals surface area contributed by atoms with E-state index in [0.717, 1.165) is 47.8 Å². The molecule has 3 N–H and O–H groups in total. The topological polar surface area (TPSA) is 76.2 Å². The lowest BCUT2D eigenvalue weighted by Gasteiger charge is -2.31. The van der Waals surface area contributed by atoms with Crippen molar-refractivity contribution >= 4 is 17.4 Å². The number of nitrogens with two attached hydrogens (primary N) is 1. The van der Waals surface area contributed by atoms with Crippen molar-refractivity contribution in [1.82, 2.24) is 14.5 Å². The third-order valence-electron chi connectivity index (χ3n) is 6.60. The van der Waals surface area contributed by atoms with Crippen molar-refractivity contribution in [3.63, 3.8) is 0 Å². The summed E-state index contributed by atoms with van der Waals surface area (Å²) in [5.41, 5.74) is 9.91. The van der Waals surface area contributed by atoms with Crippen LogP contribution in [0.4, 0.5) is 15.9 Å². The van der Waals surface area contributed by atoms with Crippen molar-refractivity contribution in [3.8, 4) is 11.3 Å². The number of halogens is 1. The lowest BCUT2D eigenvalue weighted by molar-refractivity contribution is -0.137. The van der Waals surface area contributed by atoms with E-state index in [4.69, 9.17) is 10.7 Å². The summed E-state index contributed by atoms with van der Waals surface area (Å²) in [5, 5.41) is 3.51. The van der Waals surface area contributed by atoms with Crippen LogP contribution >= 0.6 is 0 Å². The molecule has 0 radical (unpaired) electrons. The molecule has 2 aliphatic rings. The summed E-state index contributed by atoms with van der Waals surface area (Å²) in [6, 6.07) is 14.5. The van der Waals surface area contributed by atoms with E-state index in [1.54, 1.807) is 12.1 Å². The van der Waals surface area contributed by atoms with Gasteiger partial charge in [0.25, 0.3) is 0 Å². The summed E-state index contributed by atoms with van der Waals surface area (Å²) in [6.07, 6.45) is 2.80. The van der Waals surface area contributed by atoms with Crippen LogP contribution in [0, 0.1) is 18.7 Å². The summed E-state index contributed by atoms with van der Waals surface area (Å²) in [7, 11) is 0. The molecule has 1 aromatic heterocycles. The smallest absolute Gasteiger partial charge is 0.227 e. The van der Waals surface area contributed by atoms with Gasteiger partial charge in [0.15, 0.2) is 0 Å². The molecule has 1 aliphatic heterocycles. The Balaban J connectivity index is 1.49. The van der Waals surface area contributed by atoms with Crippen LogP contribution in [0.25, 0.3) is 11.3 Å². The fraction of sp³-hybridized carbons (Fsp3) is 0.360. The largest absolute Gasteiger partial charge is 0.340 e. The number of rotatable bonds is 4. The Kier molecular flexibility index (Phi) is 5.43. The predicted octanol–water partition coefficient (Wildman–Crippen LogP) is 4.21. The molecule has 1 amide bonds. The molecule has 2 heterocycles. The number of nitrogens with one attached hydrogen (secondary N) is 1. The second kappa shape index (κ2) is 8.39. The average Bonchev–Trinajstić information content (AvgIpc) is 3.38. The van der Waals surface area contributed by atoms with Gasteiger partial charge in [-0.05, 0) is 56.2 Å². The van der Waals surface area contributed by atoms with Crippen LogP contribution in [0.2, 0.25) is 0 Å². The number of aryl methyl sites for hydroxylation is 1. The summed E-state index contributed by atoms with van der Waals surface area (Å²) in [5.74, 6) is 1.46. The normalized spacial score (nSPS) is 20.3. The molecule has 1 unspecified atom stereocenters. The molecular weight excluding hydrogens is 405 g/mol. The van der Waals surface area contributed by atoms with Crippen molar-refractivity contribution in [1.29, 1.82) is 0 Å². The monoisotopic (exact) mass is 433 g/mol. The van der Waals surface area contributed by atoms with Gasteiger partial charge in [0.05, 0.1) is 12.5 Å². The van der Waals surface area contributed by atoms with Crippen molar-refractivity contribution in [2.45, 2.75) is 45.3 Å². The highest BCUT2D eigenvalue weighted by Gasteiger charge is 2.35. The van der Waals surface area contributed by atoms with E-state index in [-0.39, 0.29) is 23.7 Å². The molecule has 3 aromatic rings. The molecule has 2 atom stereocenters. The van der Waals surface area contributed by atoms with Crippen LogP contribution in [0.15, 0.2) is 48.5 Å². The Morgan fingerprint density at radius 2 is 1.84 bits per heavy atom. The minimum absolute atomic E-state index is 0.0438. The molecule has 1 aliphatic carbocycles. The number of fused-ring (bicyclic) bond motifs is 1. The minimum Gasteiger partial charge on any atom is -0.340 e. The minimum atomic E-state index is -0.282. The predicted molar refractivity (Wildman–Crippen MR) is 123 cm³/mol. The Hall–Kier alpha value is -3.19. The SMILES string of the molecule is Cc1ccc(Nc2c(-c3ccc(F)cc3)nc3n2CCN(C(=O)[C@H]2CCCC2N)C3)cc1. The van der Waals surface area contributed by atoms with E-state index in [0.29, 0.717) is 19.6 Å². The van der Waals surface area contributed by atoms with E-state index < -0.39 is 0 Å². The number of nitrogens with zero attached hydrogens (tertiary/aromatic N) is 3. The third kappa shape index (κ3) is 3.88. The zero-order valence-electron chi connectivity index (χ0n) is 18.2. The van der Waals surface area contributed by atoms with Gasteiger partial charge in [0.2, 0.25) is 5.91 Å². The first-order valence-electron chi connectivity index (χ1n) is 11.2. The number of anilines is 2. The van der Waals surface area contributed by atoms with Gasteiger partial charge in [-0.25, -0.2) is 9.37 Å². The quantitative estimate of drug-likeness (QED) is 0.646. The lowest BCUT2D eigenvalue weighted by atomic mass is 10.0. The van der Waals surface area contributed by atoms with E-state index in [1.165, 1.54) is 17.7 Å². The van der Waals surface area contributed by atoms with E-state index in [2.05, 4.69) is 28.9 Å². The maximum Gasteiger partial charge on any atom is 0.227 e. The maximum atomic E-state index is 13.5. The molecule has 166 valence electrons. The van der Waals surface area contributed by atoms with Crippen LogP contribution in [-0.4, -0.2) is 32.9 Å². The van der Waals surface area contributed by atoms with Crippen LogP contribution in [0.3, 0.4) is 0 Å². The van der Waals surface area contributed by atoms with Gasteiger partial charge in [-0.1, -0.05) is 24.1 Å². The zero-order chi connectivity index (χ0) is 22.2. The van der Waals surface area contributed by atoms with Crippen LogP contribution in [-0.2, 0) is 17.9 Å². The number of carbonyl (C=O) groups excluding carboxylic acids is 1. The summed E-state index contributed by atoms with van der Waals surface area (Å²) >= 11 is 0. The number of amides is 1. The molecule has 0 spiro atoms. The third-order valence-corrected chi connectivity index (χ3v) is 6.60. The van der Waals surface area contributed by atoms with Gasteiger partial charge in [-0.2, -0.15) is 0 Å². The second-order valence-electron chi connectivity index (χ2n) is 8.84. The second-order valence-corrected chi connectivity index (χ2v) is 8.84. The molecule has 0 bridgehead atoms. The summed E-state index contributed by atoms with van der Waals surface area (Å²) in [4.78, 5) is 19.9. The Bertz CT molecular complexity index is 1120. The molecule has 2 aromatic carbocycles. The van der Waals surface area contributed by atoms with Crippen molar-refractivity contribution in [2.75, 3.05) is 11.9 Å². The van der Waals surface area contributed by atoms with E-state index in [9.17, 15) is 9.18 Å². The molecule has 1 fully saturated rings. The number of imidazole rings is 1. The van der Waals surface area contributed by atoms with Crippen molar-refractivity contribution < 1.29 is 9.18 Å². The van der Waals surface area contributed by atoms with Crippen LogP contribution < -0.4 is 11.1 Å². The molecule has 5 rings (SSSR count). The number of hydrogen-bond donors (Lipinski definition) is 2. The fourth-order valence-electron chi connectivity index (χ4n) is 4.76. The van der Waals surface area contributed by atoms with Crippen molar-refractivity contribution in [2.24, 2.45) is 11.7 Å². The molecule has 32 heavy (non-hydrogen) atoms. The first kappa shape index (κ1) is 20.7. The van der Waals surface area contributed by atoms with Gasteiger partial charge < -0.3 is 20.5 Å². The molecule has 7 heteroatoms. The first-order chi connectivity index (χ1) is 15.5. The number of carbonyl (C=O) groups is 1. The molecule has 6 nitrogen and oxygen atoms in total. The van der Waals surface area contributed by atoms with Gasteiger partial charge in [-0.15, -0.1) is 0 Å².